The molecular weight excluding hydrogens is 244 g/mol. The SMILES string of the molecule is Cc1ccc(C(=O)c2cccc(Cl)c2C)c(C)c1. The van der Waals surface area contributed by atoms with E-state index in [0.717, 1.165) is 22.3 Å². The molecule has 2 aromatic rings. The van der Waals surface area contributed by atoms with Crippen LogP contribution in [0.4, 0.5) is 0 Å². The zero-order valence-corrected chi connectivity index (χ0v) is 11.5. The molecule has 0 saturated heterocycles. The zero-order chi connectivity index (χ0) is 13.3. The van der Waals surface area contributed by atoms with E-state index in [9.17, 15) is 4.79 Å². The highest BCUT2D eigenvalue weighted by molar-refractivity contribution is 6.32. The van der Waals surface area contributed by atoms with Crippen LogP contribution in [0.15, 0.2) is 36.4 Å². The van der Waals surface area contributed by atoms with Crippen molar-refractivity contribution in [1.82, 2.24) is 0 Å². The molecule has 18 heavy (non-hydrogen) atoms. The van der Waals surface area contributed by atoms with Gasteiger partial charge in [0.2, 0.25) is 0 Å². The van der Waals surface area contributed by atoms with E-state index >= 15 is 0 Å². The first-order chi connectivity index (χ1) is 8.50. The largest absolute Gasteiger partial charge is 0.289 e. The Bertz CT molecular complexity index is 614. The Balaban J connectivity index is 2.51. The summed E-state index contributed by atoms with van der Waals surface area (Å²) in [6, 6.07) is 11.3. The fourth-order valence-corrected chi connectivity index (χ4v) is 2.24. The van der Waals surface area contributed by atoms with E-state index in [-0.39, 0.29) is 5.78 Å². The summed E-state index contributed by atoms with van der Waals surface area (Å²) in [6.07, 6.45) is 0. The van der Waals surface area contributed by atoms with Crippen molar-refractivity contribution in [3.8, 4) is 0 Å². The topological polar surface area (TPSA) is 17.1 Å². The van der Waals surface area contributed by atoms with Gasteiger partial charge in [-0.1, -0.05) is 47.5 Å². The van der Waals surface area contributed by atoms with Crippen molar-refractivity contribution in [2.75, 3.05) is 0 Å². The molecule has 0 N–H and O–H groups in total. The molecule has 0 spiro atoms. The maximum atomic E-state index is 12.5. The van der Waals surface area contributed by atoms with E-state index in [1.807, 2.05) is 51.1 Å². The van der Waals surface area contributed by atoms with Crippen molar-refractivity contribution in [2.24, 2.45) is 0 Å². The fraction of sp³-hybridized carbons (Fsp3) is 0.188. The van der Waals surface area contributed by atoms with E-state index in [1.54, 1.807) is 6.07 Å². The van der Waals surface area contributed by atoms with Crippen LogP contribution in [0, 0.1) is 20.8 Å². The molecule has 1 nitrogen and oxygen atoms in total. The Morgan fingerprint density at radius 3 is 2.39 bits per heavy atom. The minimum atomic E-state index is 0.0347. The highest BCUT2D eigenvalue weighted by atomic mass is 35.5. The van der Waals surface area contributed by atoms with Crippen molar-refractivity contribution >= 4 is 17.4 Å². The van der Waals surface area contributed by atoms with Crippen LogP contribution in [0.2, 0.25) is 5.02 Å². The standard InChI is InChI=1S/C16H15ClO/c1-10-7-8-13(11(2)9-10)16(18)14-5-4-6-15(17)12(14)3/h4-9H,1-3H3. The second kappa shape index (κ2) is 4.95. The lowest BCUT2D eigenvalue weighted by Crippen LogP contribution is -2.06. The fourth-order valence-electron chi connectivity index (χ4n) is 2.07. The lowest BCUT2D eigenvalue weighted by atomic mass is 9.95. The first kappa shape index (κ1) is 12.8. The van der Waals surface area contributed by atoms with Gasteiger partial charge >= 0.3 is 0 Å². The van der Waals surface area contributed by atoms with Gasteiger partial charge in [0.05, 0.1) is 0 Å². The van der Waals surface area contributed by atoms with Crippen LogP contribution in [0.1, 0.15) is 32.6 Å². The van der Waals surface area contributed by atoms with Gasteiger partial charge in [0, 0.05) is 16.1 Å². The van der Waals surface area contributed by atoms with Crippen LogP contribution < -0.4 is 0 Å². The maximum Gasteiger partial charge on any atom is 0.193 e. The number of hydrogen-bond acceptors (Lipinski definition) is 1. The predicted octanol–water partition coefficient (Wildman–Crippen LogP) is 4.50. The number of ketones is 1. The van der Waals surface area contributed by atoms with Gasteiger partial charge < -0.3 is 0 Å². The summed E-state index contributed by atoms with van der Waals surface area (Å²) < 4.78 is 0. The van der Waals surface area contributed by atoms with Crippen LogP contribution in [0.3, 0.4) is 0 Å². The number of carbonyl (C=O) groups excluding carboxylic acids is 1. The summed E-state index contributed by atoms with van der Waals surface area (Å²) in [5.74, 6) is 0.0347. The van der Waals surface area contributed by atoms with Gasteiger partial charge in [0.25, 0.3) is 0 Å². The second-order valence-electron chi connectivity index (χ2n) is 4.56. The lowest BCUT2D eigenvalue weighted by Gasteiger charge is -2.09. The first-order valence-corrected chi connectivity index (χ1v) is 6.25. The van der Waals surface area contributed by atoms with E-state index in [2.05, 4.69) is 0 Å². The summed E-state index contributed by atoms with van der Waals surface area (Å²) in [6.45, 7) is 5.85. The van der Waals surface area contributed by atoms with Gasteiger partial charge in [0.15, 0.2) is 5.78 Å². The predicted molar refractivity (Wildman–Crippen MR) is 75.5 cm³/mol. The third kappa shape index (κ3) is 2.32. The Hall–Kier alpha value is -1.60. The highest BCUT2D eigenvalue weighted by Crippen LogP contribution is 2.23. The van der Waals surface area contributed by atoms with E-state index in [0.29, 0.717) is 10.6 Å². The molecule has 0 aliphatic rings. The summed E-state index contributed by atoms with van der Waals surface area (Å²) in [5.41, 5.74) is 4.41. The molecule has 92 valence electrons. The Labute approximate surface area is 112 Å². The zero-order valence-electron chi connectivity index (χ0n) is 10.8. The summed E-state index contributed by atoms with van der Waals surface area (Å²) in [4.78, 5) is 12.5. The number of aryl methyl sites for hydroxylation is 2. The molecule has 0 fully saturated rings. The molecular formula is C16H15ClO. The van der Waals surface area contributed by atoms with E-state index in [1.165, 1.54) is 0 Å². The van der Waals surface area contributed by atoms with Crippen LogP contribution in [-0.4, -0.2) is 5.78 Å². The second-order valence-corrected chi connectivity index (χ2v) is 4.97. The monoisotopic (exact) mass is 258 g/mol. The third-order valence-corrected chi connectivity index (χ3v) is 3.55. The van der Waals surface area contributed by atoms with Crippen LogP contribution in [-0.2, 0) is 0 Å². The molecule has 0 radical (unpaired) electrons. The van der Waals surface area contributed by atoms with Crippen LogP contribution >= 0.6 is 11.6 Å². The van der Waals surface area contributed by atoms with E-state index < -0.39 is 0 Å². The maximum absolute atomic E-state index is 12.5. The average Bonchev–Trinajstić information content (AvgIpc) is 2.32. The van der Waals surface area contributed by atoms with Crippen LogP contribution in [0.5, 0.6) is 0 Å². The van der Waals surface area contributed by atoms with E-state index in [4.69, 9.17) is 11.6 Å². The number of halogens is 1. The van der Waals surface area contributed by atoms with Gasteiger partial charge in [-0.25, -0.2) is 0 Å². The summed E-state index contributed by atoms with van der Waals surface area (Å²) in [5, 5.41) is 0.630. The Morgan fingerprint density at radius 1 is 1.00 bits per heavy atom. The molecule has 0 heterocycles. The molecule has 2 aromatic carbocycles. The minimum absolute atomic E-state index is 0.0347. The Kier molecular flexibility index (Phi) is 3.53. The molecule has 0 aromatic heterocycles. The smallest absolute Gasteiger partial charge is 0.193 e. The minimum Gasteiger partial charge on any atom is -0.289 e. The quantitative estimate of drug-likeness (QED) is 0.725. The molecule has 0 bridgehead atoms. The Morgan fingerprint density at radius 2 is 1.72 bits per heavy atom. The molecule has 0 aliphatic carbocycles. The van der Waals surface area contributed by atoms with Gasteiger partial charge in [-0.15, -0.1) is 0 Å². The average molecular weight is 259 g/mol. The van der Waals surface area contributed by atoms with Gasteiger partial charge in [-0.3, -0.25) is 4.79 Å². The molecule has 0 atom stereocenters. The molecule has 0 amide bonds. The third-order valence-electron chi connectivity index (χ3n) is 3.14. The number of benzene rings is 2. The molecule has 2 heteroatoms. The highest BCUT2D eigenvalue weighted by Gasteiger charge is 2.15. The van der Waals surface area contributed by atoms with Gasteiger partial charge in [-0.05, 0) is 38.0 Å². The van der Waals surface area contributed by atoms with Crippen molar-refractivity contribution in [3.63, 3.8) is 0 Å². The number of hydrogen-bond donors (Lipinski definition) is 0. The van der Waals surface area contributed by atoms with Gasteiger partial charge in [-0.2, -0.15) is 0 Å². The first-order valence-electron chi connectivity index (χ1n) is 5.88. The normalized spacial score (nSPS) is 10.4. The van der Waals surface area contributed by atoms with Crippen molar-refractivity contribution in [1.29, 1.82) is 0 Å². The van der Waals surface area contributed by atoms with Gasteiger partial charge in [0.1, 0.15) is 0 Å². The molecule has 2 rings (SSSR count). The number of carbonyl (C=O) groups is 1. The lowest BCUT2D eigenvalue weighted by molar-refractivity contribution is 0.103. The number of rotatable bonds is 2. The van der Waals surface area contributed by atoms with Crippen molar-refractivity contribution in [3.05, 3.63) is 69.2 Å². The van der Waals surface area contributed by atoms with Crippen LogP contribution in [0.25, 0.3) is 0 Å². The summed E-state index contributed by atoms with van der Waals surface area (Å²) in [7, 11) is 0. The summed E-state index contributed by atoms with van der Waals surface area (Å²) >= 11 is 6.06. The van der Waals surface area contributed by atoms with Crippen molar-refractivity contribution < 1.29 is 4.79 Å². The molecule has 0 saturated carbocycles. The van der Waals surface area contributed by atoms with Crippen molar-refractivity contribution in [2.45, 2.75) is 20.8 Å². The molecule has 0 unspecified atom stereocenters. The molecule has 0 aliphatic heterocycles.